The normalized spacial score (nSPS) is 11.2. The summed E-state index contributed by atoms with van der Waals surface area (Å²) < 4.78 is 13.5. The number of hydrogen-bond donors (Lipinski definition) is 1. The van der Waals surface area contributed by atoms with E-state index in [1.165, 1.54) is 6.07 Å². The second-order valence-electron chi connectivity index (χ2n) is 4.14. The van der Waals surface area contributed by atoms with Crippen LogP contribution in [0, 0.1) is 5.82 Å². The quantitative estimate of drug-likeness (QED) is 0.856. The number of nitrogens with zero attached hydrogens (tertiary/aromatic N) is 1. The van der Waals surface area contributed by atoms with Gasteiger partial charge in [-0.05, 0) is 23.8 Å². The van der Waals surface area contributed by atoms with Crippen LogP contribution in [0.25, 0.3) is 10.9 Å². The van der Waals surface area contributed by atoms with Gasteiger partial charge in [0, 0.05) is 24.2 Å². The fraction of sp³-hybridized carbons (Fsp3) is 0.308. The molecule has 84 valence electrons. The van der Waals surface area contributed by atoms with Crippen LogP contribution in [-0.4, -0.2) is 11.0 Å². The van der Waals surface area contributed by atoms with Crippen LogP contribution in [0.15, 0.2) is 30.5 Å². The SMILES string of the molecule is CC(C)NCc1ccc(F)c2cccnc12. The molecule has 0 amide bonds. The van der Waals surface area contributed by atoms with Gasteiger partial charge in [-0.1, -0.05) is 19.9 Å². The molecular formula is C13H15FN2. The van der Waals surface area contributed by atoms with Gasteiger partial charge in [0.25, 0.3) is 0 Å². The zero-order chi connectivity index (χ0) is 11.5. The van der Waals surface area contributed by atoms with Crippen molar-refractivity contribution in [1.82, 2.24) is 10.3 Å². The molecule has 1 heterocycles. The van der Waals surface area contributed by atoms with Gasteiger partial charge in [0.05, 0.1) is 5.52 Å². The molecular weight excluding hydrogens is 203 g/mol. The van der Waals surface area contributed by atoms with Crippen molar-refractivity contribution < 1.29 is 4.39 Å². The van der Waals surface area contributed by atoms with E-state index in [1.807, 2.05) is 0 Å². The molecule has 0 aliphatic rings. The first-order chi connectivity index (χ1) is 7.68. The molecule has 0 saturated heterocycles. The second kappa shape index (κ2) is 4.58. The average Bonchev–Trinajstić information content (AvgIpc) is 2.28. The van der Waals surface area contributed by atoms with E-state index in [0.717, 1.165) is 11.1 Å². The Bertz CT molecular complexity index is 494. The number of pyridine rings is 1. The van der Waals surface area contributed by atoms with Gasteiger partial charge in [0.15, 0.2) is 0 Å². The van der Waals surface area contributed by atoms with Crippen LogP contribution in [0.5, 0.6) is 0 Å². The van der Waals surface area contributed by atoms with Crippen molar-refractivity contribution >= 4 is 10.9 Å². The van der Waals surface area contributed by atoms with E-state index >= 15 is 0 Å². The molecule has 0 radical (unpaired) electrons. The predicted octanol–water partition coefficient (Wildman–Crippen LogP) is 2.87. The zero-order valence-electron chi connectivity index (χ0n) is 9.50. The fourth-order valence-corrected chi connectivity index (χ4v) is 1.65. The van der Waals surface area contributed by atoms with Crippen molar-refractivity contribution in [2.75, 3.05) is 0 Å². The molecule has 0 spiro atoms. The molecule has 0 bridgehead atoms. The summed E-state index contributed by atoms with van der Waals surface area (Å²) in [5, 5.41) is 3.90. The van der Waals surface area contributed by atoms with E-state index in [0.29, 0.717) is 18.0 Å². The van der Waals surface area contributed by atoms with Crippen LogP contribution in [0.1, 0.15) is 19.4 Å². The number of nitrogens with one attached hydrogen (secondary N) is 1. The lowest BCUT2D eigenvalue weighted by molar-refractivity contribution is 0.589. The zero-order valence-corrected chi connectivity index (χ0v) is 9.50. The van der Waals surface area contributed by atoms with Crippen molar-refractivity contribution in [3.8, 4) is 0 Å². The maximum Gasteiger partial charge on any atom is 0.132 e. The molecule has 1 N–H and O–H groups in total. The van der Waals surface area contributed by atoms with Crippen LogP contribution in [-0.2, 0) is 6.54 Å². The topological polar surface area (TPSA) is 24.9 Å². The molecule has 1 aromatic carbocycles. The minimum Gasteiger partial charge on any atom is -0.310 e. The standard InChI is InChI=1S/C13H15FN2/c1-9(2)16-8-10-5-6-12(14)11-4-3-7-15-13(10)11/h3-7,9,16H,8H2,1-2H3. The van der Waals surface area contributed by atoms with Crippen molar-refractivity contribution in [2.24, 2.45) is 0 Å². The minimum atomic E-state index is -0.212. The highest BCUT2D eigenvalue weighted by molar-refractivity contribution is 5.82. The Labute approximate surface area is 94.5 Å². The summed E-state index contributed by atoms with van der Waals surface area (Å²) in [5.74, 6) is -0.212. The van der Waals surface area contributed by atoms with Gasteiger partial charge in [0.1, 0.15) is 5.82 Å². The van der Waals surface area contributed by atoms with E-state index in [2.05, 4.69) is 24.1 Å². The van der Waals surface area contributed by atoms with Gasteiger partial charge < -0.3 is 5.32 Å². The Kier molecular flexibility index (Phi) is 3.15. The number of aromatic nitrogens is 1. The first-order valence-electron chi connectivity index (χ1n) is 5.44. The van der Waals surface area contributed by atoms with E-state index in [-0.39, 0.29) is 5.82 Å². The molecule has 3 heteroatoms. The van der Waals surface area contributed by atoms with Crippen LogP contribution in [0.3, 0.4) is 0 Å². The molecule has 2 rings (SSSR count). The minimum absolute atomic E-state index is 0.212. The van der Waals surface area contributed by atoms with E-state index in [4.69, 9.17) is 0 Å². The van der Waals surface area contributed by atoms with E-state index in [9.17, 15) is 4.39 Å². The summed E-state index contributed by atoms with van der Waals surface area (Å²) >= 11 is 0. The third-order valence-corrected chi connectivity index (χ3v) is 2.50. The Hall–Kier alpha value is -1.48. The lowest BCUT2D eigenvalue weighted by Gasteiger charge is -2.10. The number of fused-ring (bicyclic) bond motifs is 1. The van der Waals surface area contributed by atoms with Crippen molar-refractivity contribution in [3.63, 3.8) is 0 Å². The number of hydrogen-bond acceptors (Lipinski definition) is 2. The first-order valence-corrected chi connectivity index (χ1v) is 5.44. The van der Waals surface area contributed by atoms with Gasteiger partial charge in [0.2, 0.25) is 0 Å². The lowest BCUT2D eigenvalue weighted by atomic mass is 10.1. The van der Waals surface area contributed by atoms with Crippen LogP contribution in [0.4, 0.5) is 4.39 Å². The molecule has 2 aromatic rings. The largest absolute Gasteiger partial charge is 0.310 e. The van der Waals surface area contributed by atoms with Crippen LogP contribution in [0.2, 0.25) is 0 Å². The average molecular weight is 218 g/mol. The predicted molar refractivity (Wildman–Crippen MR) is 63.7 cm³/mol. The summed E-state index contributed by atoms with van der Waals surface area (Å²) in [6.07, 6.45) is 1.70. The lowest BCUT2D eigenvalue weighted by Crippen LogP contribution is -2.22. The maximum absolute atomic E-state index is 13.5. The van der Waals surface area contributed by atoms with Gasteiger partial charge in [-0.2, -0.15) is 0 Å². The summed E-state index contributed by atoms with van der Waals surface area (Å²) in [6, 6.07) is 7.21. The van der Waals surface area contributed by atoms with Crippen molar-refractivity contribution in [3.05, 3.63) is 41.8 Å². The molecule has 0 saturated carbocycles. The Morgan fingerprint density at radius 1 is 1.31 bits per heavy atom. The molecule has 16 heavy (non-hydrogen) atoms. The highest BCUT2D eigenvalue weighted by atomic mass is 19.1. The van der Waals surface area contributed by atoms with E-state index < -0.39 is 0 Å². The number of benzene rings is 1. The smallest absolute Gasteiger partial charge is 0.132 e. The third-order valence-electron chi connectivity index (χ3n) is 2.50. The number of halogens is 1. The van der Waals surface area contributed by atoms with Gasteiger partial charge in [-0.25, -0.2) is 4.39 Å². The van der Waals surface area contributed by atoms with E-state index in [1.54, 1.807) is 24.4 Å². The molecule has 0 unspecified atom stereocenters. The molecule has 0 fully saturated rings. The first kappa shape index (κ1) is 11.0. The van der Waals surface area contributed by atoms with Crippen LogP contribution < -0.4 is 5.32 Å². The fourth-order valence-electron chi connectivity index (χ4n) is 1.65. The number of rotatable bonds is 3. The maximum atomic E-state index is 13.5. The Morgan fingerprint density at radius 3 is 2.88 bits per heavy atom. The third kappa shape index (κ3) is 2.19. The van der Waals surface area contributed by atoms with Gasteiger partial charge >= 0.3 is 0 Å². The summed E-state index contributed by atoms with van der Waals surface area (Å²) in [7, 11) is 0. The van der Waals surface area contributed by atoms with Gasteiger partial charge in [-0.3, -0.25) is 4.98 Å². The molecule has 1 aromatic heterocycles. The highest BCUT2D eigenvalue weighted by Gasteiger charge is 2.06. The Balaban J connectivity index is 2.42. The molecule has 0 atom stereocenters. The summed E-state index contributed by atoms with van der Waals surface area (Å²) in [4.78, 5) is 4.24. The highest BCUT2D eigenvalue weighted by Crippen LogP contribution is 2.19. The van der Waals surface area contributed by atoms with Crippen molar-refractivity contribution in [2.45, 2.75) is 26.4 Å². The van der Waals surface area contributed by atoms with Gasteiger partial charge in [-0.15, -0.1) is 0 Å². The summed E-state index contributed by atoms with van der Waals surface area (Å²) in [6.45, 7) is 4.88. The van der Waals surface area contributed by atoms with Crippen LogP contribution >= 0.6 is 0 Å². The molecule has 0 aliphatic heterocycles. The Morgan fingerprint density at radius 2 is 2.12 bits per heavy atom. The second-order valence-corrected chi connectivity index (χ2v) is 4.14. The molecule has 0 aliphatic carbocycles. The molecule has 2 nitrogen and oxygen atoms in total. The monoisotopic (exact) mass is 218 g/mol. The summed E-state index contributed by atoms with van der Waals surface area (Å²) in [5.41, 5.74) is 1.78. The van der Waals surface area contributed by atoms with Crippen molar-refractivity contribution in [1.29, 1.82) is 0 Å².